The number of nitrogens with zero attached hydrogens (tertiary/aromatic N) is 2. The van der Waals surface area contributed by atoms with E-state index in [4.69, 9.17) is 15.0 Å². The highest BCUT2D eigenvalue weighted by atomic mass is 79.9. The quantitative estimate of drug-likeness (QED) is 0.411. The summed E-state index contributed by atoms with van der Waals surface area (Å²) in [5, 5.41) is 9.40. The summed E-state index contributed by atoms with van der Waals surface area (Å²) in [5.41, 5.74) is 0.424. The Labute approximate surface area is 178 Å². The lowest BCUT2D eigenvalue weighted by molar-refractivity contribution is -0.114. The van der Waals surface area contributed by atoms with Gasteiger partial charge < -0.3 is 9.57 Å². The summed E-state index contributed by atoms with van der Waals surface area (Å²) < 4.78 is 19.4. The molecule has 150 valence electrons. The summed E-state index contributed by atoms with van der Waals surface area (Å²) >= 11 is 3.30. The Morgan fingerprint density at radius 1 is 1.30 bits per heavy atom. The maximum atomic E-state index is 13.8. The molecule has 0 radical (unpaired) electrons. The van der Waals surface area contributed by atoms with E-state index in [1.807, 2.05) is 0 Å². The fraction of sp³-hybridized carbons (Fsp3) is 0.0476. The molecule has 9 heteroatoms. The number of hydroxylamine groups is 2. The van der Waals surface area contributed by atoms with E-state index in [9.17, 15) is 14.0 Å². The number of nitrogens with one attached hydrogen (secondary N) is 1. The highest BCUT2D eigenvalue weighted by Crippen LogP contribution is 2.29. The number of esters is 1. The highest BCUT2D eigenvalue weighted by molar-refractivity contribution is 9.10. The van der Waals surface area contributed by atoms with Crippen LogP contribution in [0.5, 0.6) is 5.75 Å². The van der Waals surface area contributed by atoms with E-state index in [1.54, 1.807) is 25.1 Å². The predicted molar refractivity (Wildman–Crippen MR) is 110 cm³/mol. The van der Waals surface area contributed by atoms with Crippen LogP contribution in [0, 0.1) is 11.2 Å². The van der Waals surface area contributed by atoms with Crippen molar-refractivity contribution in [2.75, 3.05) is 0 Å². The van der Waals surface area contributed by atoms with E-state index < -0.39 is 17.7 Å². The van der Waals surface area contributed by atoms with Crippen molar-refractivity contribution in [2.45, 2.75) is 6.92 Å². The molecule has 0 spiro atoms. The first-order valence-electron chi connectivity index (χ1n) is 8.70. The number of halogens is 2. The van der Waals surface area contributed by atoms with Gasteiger partial charge in [-0.3, -0.25) is 10.2 Å². The molecule has 0 unspecified atom stereocenters. The van der Waals surface area contributed by atoms with Crippen molar-refractivity contribution in [2.24, 2.45) is 4.99 Å². The second-order valence-corrected chi connectivity index (χ2v) is 7.24. The molecule has 0 atom stereocenters. The van der Waals surface area contributed by atoms with E-state index in [1.165, 1.54) is 41.5 Å². The fourth-order valence-corrected chi connectivity index (χ4v) is 3.32. The average Bonchev–Trinajstić information content (AvgIpc) is 3.07. The molecule has 0 saturated heterocycles. The van der Waals surface area contributed by atoms with Gasteiger partial charge in [0.25, 0.3) is 5.91 Å². The standard InChI is InChI=1S/C21H13BrFN3O4/c1-11-8-18-25-20(27)14(19(24)26(18)30-11)9-12-6-7-17(15(22)10-12)29-21(28)13-4-2-3-5-16(13)23/h2-10,24H,1H3/b14-9-,24-19?. The summed E-state index contributed by atoms with van der Waals surface area (Å²) in [4.78, 5) is 33.8. The van der Waals surface area contributed by atoms with Crippen molar-refractivity contribution in [3.8, 4) is 5.75 Å². The molecule has 7 nitrogen and oxygen atoms in total. The van der Waals surface area contributed by atoms with E-state index >= 15 is 0 Å². The number of carbonyl (C=O) groups is 2. The molecule has 2 aliphatic heterocycles. The number of ether oxygens (including phenoxy) is 1. The minimum absolute atomic E-state index is 0.0462. The van der Waals surface area contributed by atoms with E-state index in [-0.39, 0.29) is 28.6 Å². The first-order valence-corrected chi connectivity index (χ1v) is 9.49. The van der Waals surface area contributed by atoms with Crippen molar-refractivity contribution >= 4 is 45.6 Å². The Kier molecular flexibility index (Phi) is 5.04. The largest absolute Gasteiger partial charge is 0.422 e. The van der Waals surface area contributed by atoms with Crippen LogP contribution < -0.4 is 4.74 Å². The highest BCUT2D eigenvalue weighted by Gasteiger charge is 2.34. The Morgan fingerprint density at radius 3 is 2.80 bits per heavy atom. The third kappa shape index (κ3) is 3.67. The van der Waals surface area contributed by atoms with Gasteiger partial charge in [0, 0.05) is 6.08 Å². The number of hydrogen-bond donors (Lipinski definition) is 1. The smallest absolute Gasteiger partial charge is 0.346 e. The van der Waals surface area contributed by atoms with Gasteiger partial charge in [-0.1, -0.05) is 18.2 Å². The number of fused-ring (bicyclic) bond motifs is 1. The SMILES string of the molecule is CC1=CC2=NC(=O)/C(=C\c3ccc(OC(=O)c4ccccc4F)c(Br)c3)C(=N)N2O1. The van der Waals surface area contributed by atoms with E-state index in [2.05, 4.69) is 20.9 Å². The molecule has 2 heterocycles. The summed E-state index contributed by atoms with van der Waals surface area (Å²) in [5.74, 6) is -1.24. The predicted octanol–water partition coefficient (Wildman–Crippen LogP) is 4.26. The molecule has 30 heavy (non-hydrogen) atoms. The number of aliphatic imine (C=N–C) groups is 1. The molecule has 0 aliphatic carbocycles. The molecule has 0 fully saturated rings. The first kappa shape index (κ1) is 19.7. The molecule has 0 aromatic heterocycles. The summed E-state index contributed by atoms with van der Waals surface area (Å²) in [7, 11) is 0. The lowest BCUT2D eigenvalue weighted by Gasteiger charge is -2.23. The maximum Gasteiger partial charge on any atom is 0.346 e. The normalized spacial score (nSPS) is 16.8. The maximum absolute atomic E-state index is 13.8. The topological polar surface area (TPSA) is 92.0 Å². The van der Waals surface area contributed by atoms with Crippen LogP contribution in [0.25, 0.3) is 6.08 Å². The van der Waals surface area contributed by atoms with Gasteiger partial charge in [-0.25, -0.2) is 9.18 Å². The zero-order chi connectivity index (χ0) is 21.4. The number of carbonyl (C=O) groups excluding carboxylic acids is 2. The number of hydrogen-bond acceptors (Lipinski definition) is 5. The van der Waals surface area contributed by atoms with Crippen molar-refractivity contribution < 1.29 is 23.6 Å². The molecule has 2 aromatic carbocycles. The van der Waals surface area contributed by atoms with E-state index in [0.29, 0.717) is 15.8 Å². The number of amidine groups is 2. The minimum atomic E-state index is -0.833. The van der Waals surface area contributed by atoms with Crippen LogP contribution in [-0.4, -0.2) is 28.6 Å². The van der Waals surface area contributed by atoms with Gasteiger partial charge in [0.15, 0.2) is 11.7 Å². The molecule has 2 aliphatic rings. The second kappa shape index (κ2) is 7.68. The molecule has 4 rings (SSSR count). The van der Waals surface area contributed by atoms with Crippen LogP contribution in [0.3, 0.4) is 0 Å². The van der Waals surface area contributed by atoms with Gasteiger partial charge in [0.05, 0.1) is 15.6 Å². The van der Waals surface area contributed by atoms with Crippen LogP contribution in [0.2, 0.25) is 0 Å². The van der Waals surface area contributed by atoms with Crippen LogP contribution in [0.15, 0.2) is 69.3 Å². The summed E-state index contributed by atoms with van der Waals surface area (Å²) in [6.45, 7) is 1.69. The molecular weight excluding hydrogens is 457 g/mol. The van der Waals surface area contributed by atoms with Gasteiger partial charge >= 0.3 is 5.97 Å². The molecule has 2 aromatic rings. The van der Waals surface area contributed by atoms with Crippen molar-refractivity contribution in [1.29, 1.82) is 5.41 Å². The third-order valence-corrected chi connectivity index (χ3v) is 4.86. The van der Waals surface area contributed by atoms with Gasteiger partial charge in [-0.15, -0.1) is 5.06 Å². The zero-order valence-electron chi connectivity index (χ0n) is 15.5. The summed E-state index contributed by atoms with van der Waals surface area (Å²) in [6.07, 6.45) is 3.05. The average molecular weight is 470 g/mol. The van der Waals surface area contributed by atoms with Gasteiger partial charge in [0.1, 0.15) is 17.3 Å². The van der Waals surface area contributed by atoms with Crippen LogP contribution >= 0.6 is 15.9 Å². The molecule has 0 saturated carbocycles. The lowest BCUT2D eigenvalue weighted by Crippen LogP contribution is -2.38. The van der Waals surface area contributed by atoms with Crippen molar-refractivity contribution in [3.63, 3.8) is 0 Å². The zero-order valence-corrected chi connectivity index (χ0v) is 17.1. The Hall–Kier alpha value is -3.59. The fourth-order valence-electron chi connectivity index (χ4n) is 2.84. The number of allylic oxidation sites excluding steroid dienone is 1. The van der Waals surface area contributed by atoms with Crippen LogP contribution in [0.4, 0.5) is 4.39 Å². The number of amides is 1. The molecule has 1 amide bonds. The van der Waals surface area contributed by atoms with Crippen LogP contribution in [0.1, 0.15) is 22.8 Å². The molecule has 1 N–H and O–H groups in total. The van der Waals surface area contributed by atoms with Gasteiger partial charge in [0.2, 0.25) is 0 Å². The van der Waals surface area contributed by atoms with Gasteiger partial charge in [-0.2, -0.15) is 4.99 Å². The first-order chi connectivity index (χ1) is 14.3. The van der Waals surface area contributed by atoms with Crippen LogP contribution in [-0.2, 0) is 9.63 Å². The monoisotopic (exact) mass is 469 g/mol. The lowest BCUT2D eigenvalue weighted by atomic mass is 10.1. The second-order valence-electron chi connectivity index (χ2n) is 6.38. The molecule has 0 bridgehead atoms. The third-order valence-electron chi connectivity index (χ3n) is 4.24. The van der Waals surface area contributed by atoms with E-state index in [0.717, 1.165) is 0 Å². The Bertz CT molecular complexity index is 1200. The number of rotatable bonds is 3. The summed E-state index contributed by atoms with van der Waals surface area (Å²) in [6, 6.07) is 10.2. The Balaban J connectivity index is 1.57. The number of benzene rings is 2. The Morgan fingerprint density at radius 2 is 2.07 bits per heavy atom. The van der Waals surface area contributed by atoms with Crippen molar-refractivity contribution in [3.05, 3.63) is 81.3 Å². The minimum Gasteiger partial charge on any atom is -0.422 e. The molecular formula is C21H13BrFN3O4. The van der Waals surface area contributed by atoms with Crippen molar-refractivity contribution in [1.82, 2.24) is 5.06 Å². The van der Waals surface area contributed by atoms with Gasteiger partial charge in [-0.05, 0) is 58.8 Å².